The molecule has 1 saturated carbocycles. The molecule has 3 heteroatoms. The third kappa shape index (κ3) is 2.98. The maximum Gasteiger partial charge on any atom is 0.119 e. The predicted octanol–water partition coefficient (Wildman–Crippen LogP) is 2.45. The molecule has 0 heterocycles. The molecule has 17 heavy (non-hydrogen) atoms. The summed E-state index contributed by atoms with van der Waals surface area (Å²) in [5, 5.41) is 8.72. The van der Waals surface area contributed by atoms with E-state index in [4.69, 9.17) is 15.7 Å². The van der Waals surface area contributed by atoms with Crippen LogP contribution in [0, 0.1) is 17.2 Å². The van der Waals surface area contributed by atoms with Crippen LogP contribution in [0.25, 0.3) is 0 Å². The van der Waals surface area contributed by atoms with Crippen LogP contribution in [0.3, 0.4) is 0 Å². The average molecular weight is 230 g/mol. The lowest BCUT2D eigenvalue weighted by Crippen LogP contribution is -2.35. The molecule has 2 atom stereocenters. The van der Waals surface area contributed by atoms with E-state index < -0.39 is 0 Å². The Hall–Kier alpha value is -1.53. The van der Waals surface area contributed by atoms with E-state index in [1.807, 2.05) is 12.1 Å². The second-order valence-corrected chi connectivity index (χ2v) is 4.57. The van der Waals surface area contributed by atoms with Crippen molar-refractivity contribution in [3.05, 3.63) is 29.8 Å². The molecular weight excluding hydrogens is 212 g/mol. The Balaban J connectivity index is 2.01. The Morgan fingerprint density at radius 1 is 1.24 bits per heavy atom. The minimum absolute atomic E-state index is 0.238. The Kier molecular flexibility index (Phi) is 4.00. The molecule has 2 rings (SSSR count). The number of hydrogen-bond donors (Lipinski definition) is 1. The van der Waals surface area contributed by atoms with E-state index in [9.17, 15) is 0 Å². The monoisotopic (exact) mass is 230 g/mol. The molecule has 0 saturated heterocycles. The molecule has 1 aliphatic carbocycles. The molecule has 2 unspecified atom stereocenters. The van der Waals surface area contributed by atoms with E-state index in [0.29, 0.717) is 18.0 Å². The van der Waals surface area contributed by atoms with Gasteiger partial charge in [0.05, 0.1) is 11.6 Å². The van der Waals surface area contributed by atoms with Crippen molar-refractivity contribution in [2.75, 3.05) is 6.54 Å². The molecule has 1 aromatic rings. The van der Waals surface area contributed by atoms with Gasteiger partial charge in [-0.1, -0.05) is 6.42 Å². The van der Waals surface area contributed by atoms with Crippen LogP contribution in [0.2, 0.25) is 0 Å². The summed E-state index contributed by atoms with van der Waals surface area (Å²) in [6.07, 6.45) is 4.97. The maximum absolute atomic E-state index is 8.72. The predicted molar refractivity (Wildman–Crippen MR) is 66.6 cm³/mol. The molecule has 90 valence electrons. The van der Waals surface area contributed by atoms with Crippen LogP contribution in [-0.2, 0) is 0 Å². The van der Waals surface area contributed by atoms with Crippen molar-refractivity contribution in [3.8, 4) is 11.8 Å². The minimum atomic E-state index is 0.238. The maximum atomic E-state index is 8.72. The highest BCUT2D eigenvalue weighted by atomic mass is 16.5. The fourth-order valence-corrected chi connectivity index (χ4v) is 2.38. The molecule has 0 aromatic heterocycles. The normalized spacial score (nSPS) is 24.0. The van der Waals surface area contributed by atoms with Crippen LogP contribution in [-0.4, -0.2) is 12.6 Å². The highest BCUT2D eigenvalue weighted by Gasteiger charge is 2.25. The van der Waals surface area contributed by atoms with Gasteiger partial charge >= 0.3 is 0 Å². The second-order valence-electron chi connectivity index (χ2n) is 4.57. The van der Waals surface area contributed by atoms with Gasteiger partial charge in [0.25, 0.3) is 0 Å². The van der Waals surface area contributed by atoms with E-state index >= 15 is 0 Å². The number of benzene rings is 1. The number of rotatable bonds is 3. The van der Waals surface area contributed by atoms with E-state index in [0.717, 1.165) is 18.6 Å². The van der Waals surface area contributed by atoms with Gasteiger partial charge in [-0.15, -0.1) is 0 Å². The Labute approximate surface area is 102 Å². The molecule has 2 N–H and O–H groups in total. The summed E-state index contributed by atoms with van der Waals surface area (Å²) >= 11 is 0. The molecule has 1 aliphatic rings. The Bertz CT molecular complexity index is 394. The summed E-state index contributed by atoms with van der Waals surface area (Å²) in [6, 6.07) is 9.40. The average Bonchev–Trinajstić information content (AvgIpc) is 2.40. The molecule has 3 nitrogen and oxygen atoms in total. The lowest BCUT2D eigenvalue weighted by atomic mass is 9.86. The molecule has 0 radical (unpaired) electrons. The molecule has 1 aromatic carbocycles. The zero-order chi connectivity index (χ0) is 12.1. The van der Waals surface area contributed by atoms with Gasteiger partial charge in [-0.2, -0.15) is 5.26 Å². The molecule has 0 aliphatic heterocycles. The first-order chi connectivity index (χ1) is 8.33. The summed E-state index contributed by atoms with van der Waals surface area (Å²) in [7, 11) is 0. The quantitative estimate of drug-likeness (QED) is 0.867. The number of ether oxygens (including phenoxy) is 1. The lowest BCUT2D eigenvalue weighted by molar-refractivity contribution is 0.0970. The topological polar surface area (TPSA) is 59.0 Å². The van der Waals surface area contributed by atoms with Crippen LogP contribution in [0.4, 0.5) is 0 Å². The minimum Gasteiger partial charge on any atom is -0.490 e. The number of nitrogens with two attached hydrogens (primary N) is 1. The Morgan fingerprint density at radius 3 is 2.59 bits per heavy atom. The van der Waals surface area contributed by atoms with Crippen molar-refractivity contribution in [1.82, 2.24) is 0 Å². The number of hydrogen-bond acceptors (Lipinski definition) is 3. The summed E-state index contributed by atoms with van der Waals surface area (Å²) in [5.41, 5.74) is 6.43. The molecular formula is C14H18N2O. The molecule has 0 bridgehead atoms. The largest absolute Gasteiger partial charge is 0.490 e. The van der Waals surface area contributed by atoms with Crippen LogP contribution >= 0.6 is 0 Å². The second kappa shape index (κ2) is 5.70. The van der Waals surface area contributed by atoms with Gasteiger partial charge in [-0.05, 0) is 50.1 Å². The first-order valence-corrected chi connectivity index (χ1v) is 6.20. The van der Waals surface area contributed by atoms with Crippen molar-refractivity contribution in [3.63, 3.8) is 0 Å². The summed E-state index contributed by atoms with van der Waals surface area (Å²) in [6.45, 7) is 0.695. The van der Waals surface area contributed by atoms with Gasteiger partial charge in [0, 0.05) is 5.92 Å². The van der Waals surface area contributed by atoms with E-state index in [1.165, 1.54) is 12.8 Å². The van der Waals surface area contributed by atoms with Gasteiger partial charge in [0.1, 0.15) is 11.9 Å². The van der Waals surface area contributed by atoms with E-state index in [2.05, 4.69) is 6.07 Å². The smallest absolute Gasteiger partial charge is 0.119 e. The van der Waals surface area contributed by atoms with Gasteiger partial charge < -0.3 is 10.5 Å². The van der Waals surface area contributed by atoms with E-state index in [1.54, 1.807) is 12.1 Å². The number of nitrogens with zero attached hydrogens (tertiary/aromatic N) is 1. The van der Waals surface area contributed by atoms with Crippen molar-refractivity contribution in [1.29, 1.82) is 5.26 Å². The summed E-state index contributed by atoms with van der Waals surface area (Å²) in [4.78, 5) is 0. The third-order valence-electron chi connectivity index (χ3n) is 3.41. The highest BCUT2D eigenvalue weighted by molar-refractivity contribution is 5.34. The fraction of sp³-hybridized carbons (Fsp3) is 0.500. The van der Waals surface area contributed by atoms with Crippen molar-refractivity contribution >= 4 is 0 Å². The van der Waals surface area contributed by atoms with E-state index in [-0.39, 0.29) is 6.10 Å². The molecule has 1 fully saturated rings. The number of nitriles is 1. The standard InChI is InChI=1S/C14H18N2O/c15-9-11-5-7-13(8-6-11)17-14-4-2-1-3-12(14)10-16/h5-8,12,14H,1-4,10,16H2. The molecule has 0 spiro atoms. The van der Waals surface area contributed by atoms with Crippen molar-refractivity contribution < 1.29 is 4.74 Å². The van der Waals surface area contributed by atoms with Crippen LogP contribution < -0.4 is 10.5 Å². The lowest BCUT2D eigenvalue weighted by Gasteiger charge is -2.31. The van der Waals surface area contributed by atoms with Crippen molar-refractivity contribution in [2.45, 2.75) is 31.8 Å². The fourth-order valence-electron chi connectivity index (χ4n) is 2.38. The zero-order valence-electron chi connectivity index (χ0n) is 9.93. The highest BCUT2D eigenvalue weighted by Crippen LogP contribution is 2.27. The van der Waals surface area contributed by atoms with Gasteiger partial charge in [0.15, 0.2) is 0 Å². The summed E-state index contributed by atoms with van der Waals surface area (Å²) in [5.74, 6) is 1.31. The van der Waals surface area contributed by atoms with Crippen LogP contribution in [0.5, 0.6) is 5.75 Å². The Morgan fingerprint density at radius 2 is 1.94 bits per heavy atom. The third-order valence-corrected chi connectivity index (χ3v) is 3.41. The van der Waals surface area contributed by atoms with Gasteiger partial charge in [-0.3, -0.25) is 0 Å². The zero-order valence-corrected chi connectivity index (χ0v) is 9.93. The SMILES string of the molecule is N#Cc1ccc(OC2CCCCC2CN)cc1. The summed E-state index contributed by atoms with van der Waals surface area (Å²) < 4.78 is 5.97. The molecule has 0 amide bonds. The van der Waals surface area contributed by atoms with Crippen molar-refractivity contribution in [2.24, 2.45) is 11.7 Å². The van der Waals surface area contributed by atoms with Gasteiger partial charge in [-0.25, -0.2) is 0 Å². The first kappa shape index (κ1) is 11.9. The van der Waals surface area contributed by atoms with Gasteiger partial charge in [0.2, 0.25) is 0 Å². The van der Waals surface area contributed by atoms with Crippen LogP contribution in [0.15, 0.2) is 24.3 Å². The first-order valence-electron chi connectivity index (χ1n) is 6.20. The van der Waals surface area contributed by atoms with Crippen LogP contribution in [0.1, 0.15) is 31.2 Å².